The quantitative estimate of drug-likeness (QED) is 0.892. The number of pyridine rings is 1. The molecule has 0 aliphatic carbocycles. The Hall–Kier alpha value is -1.61. The van der Waals surface area contributed by atoms with Gasteiger partial charge < -0.3 is 10.1 Å². The van der Waals surface area contributed by atoms with Gasteiger partial charge in [0.15, 0.2) is 0 Å². The normalized spacial score (nSPS) is 12.9. The maximum absolute atomic E-state index is 5.36. The number of nitrogens with zero attached hydrogens (tertiary/aromatic N) is 1. The molecule has 1 heterocycles. The van der Waals surface area contributed by atoms with E-state index in [1.807, 2.05) is 12.1 Å². The Morgan fingerprint density at radius 3 is 2.63 bits per heavy atom. The predicted molar refractivity (Wildman–Crippen MR) is 79.4 cm³/mol. The van der Waals surface area contributed by atoms with Crippen LogP contribution in [0.1, 0.15) is 26.5 Å². The Labute approximate surface area is 115 Å². The number of nitrogens with one attached hydrogen (secondary N) is 1. The third kappa shape index (κ3) is 3.24. The summed E-state index contributed by atoms with van der Waals surface area (Å²) in [6.45, 7) is 7.42. The smallest absolute Gasteiger partial charge is 0.145 e. The molecule has 2 aromatic rings. The number of fused-ring (bicyclic) bond motifs is 1. The maximum Gasteiger partial charge on any atom is 0.145 e. The molecule has 1 aromatic carbocycles. The fourth-order valence-corrected chi connectivity index (χ4v) is 1.92. The fourth-order valence-electron chi connectivity index (χ4n) is 1.92. The zero-order valence-corrected chi connectivity index (χ0v) is 12.1. The van der Waals surface area contributed by atoms with Crippen molar-refractivity contribution in [3.8, 4) is 5.75 Å². The van der Waals surface area contributed by atoms with Gasteiger partial charge in [-0.15, -0.1) is 0 Å². The van der Waals surface area contributed by atoms with Crippen molar-refractivity contribution < 1.29 is 4.74 Å². The summed E-state index contributed by atoms with van der Waals surface area (Å²) in [5.74, 6) is 1.45. The number of para-hydroxylation sites is 1. The van der Waals surface area contributed by atoms with Gasteiger partial charge in [-0.1, -0.05) is 32.0 Å². The van der Waals surface area contributed by atoms with Crippen molar-refractivity contribution in [3.63, 3.8) is 0 Å². The lowest BCUT2D eigenvalue weighted by Crippen LogP contribution is -2.30. The summed E-state index contributed by atoms with van der Waals surface area (Å²) in [4.78, 5) is 4.69. The molecule has 0 saturated carbocycles. The molecular formula is C16H22N2O. The van der Waals surface area contributed by atoms with E-state index in [1.165, 1.54) is 0 Å². The standard InChI is InChI=1S/C16H22N2O/c1-11(2)12(3)17-10-14-9-8-13-6-5-7-15(19-4)16(13)18-14/h5-9,11-12,17H,10H2,1-4H3. The van der Waals surface area contributed by atoms with E-state index in [2.05, 4.69) is 49.3 Å². The highest BCUT2D eigenvalue weighted by atomic mass is 16.5. The fraction of sp³-hybridized carbons (Fsp3) is 0.438. The second-order valence-corrected chi connectivity index (χ2v) is 5.25. The van der Waals surface area contributed by atoms with Crippen LogP contribution in [0.3, 0.4) is 0 Å². The SMILES string of the molecule is COc1cccc2ccc(CNC(C)C(C)C)nc12. The largest absolute Gasteiger partial charge is 0.494 e. The second-order valence-electron chi connectivity index (χ2n) is 5.25. The van der Waals surface area contributed by atoms with E-state index in [-0.39, 0.29) is 0 Å². The highest BCUT2D eigenvalue weighted by molar-refractivity contribution is 5.84. The van der Waals surface area contributed by atoms with E-state index in [0.29, 0.717) is 12.0 Å². The van der Waals surface area contributed by atoms with Crippen LogP contribution >= 0.6 is 0 Å². The highest BCUT2D eigenvalue weighted by Gasteiger charge is 2.08. The molecule has 1 atom stereocenters. The first kappa shape index (κ1) is 13.8. The minimum Gasteiger partial charge on any atom is -0.494 e. The van der Waals surface area contributed by atoms with Gasteiger partial charge in [0.25, 0.3) is 0 Å². The number of hydrogen-bond donors (Lipinski definition) is 1. The van der Waals surface area contributed by atoms with E-state index in [1.54, 1.807) is 7.11 Å². The lowest BCUT2D eigenvalue weighted by Gasteiger charge is -2.17. The molecule has 0 aliphatic heterocycles. The Morgan fingerprint density at radius 1 is 1.16 bits per heavy atom. The molecule has 3 nitrogen and oxygen atoms in total. The van der Waals surface area contributed by atoms with Crippen LogP contribution in [0.25, 0.3) is 10.9 Å². The van der Waals surface area contributed by atoms with Crippen LogP contribution in [-0.2, 0) is 6.54 Å². The molecule has 19 heavy (non-hydrogen) atoms. The topological polar surface area (TPSA) is 34.1 Å². The second kappa shape index (κ2) is 6.02. The lowest BCUT2D eigenvalue weighted by molar-refractivity contribution is 0.417. The number of aromatic nitrogens is 1. The van der Waals surface area contributed by atoms with Crippen molar-refractivity contribution in [2.75, 3.05) is 7.11 Å². The van der Waals surface area contributed by atoms with Gasteiger partial charge in [0, 0.05) is 18.0 Å². The molecule has 0 fully saturated rings. The monoisotopic (exact) mass is 258 g/mol. The Bertz CT molecular complexity index is 551. The van der Waals surface area contributed by atoms with Gasteiger partial charge in [-0.2, -0.15) is 0 Å². The Kier molecular flexibility index (Phi) is 4.38. The molecular weight excluding hydrogens is 236 g/mol. The molecule has 0 amide bonds. The molecule has 1 N–H and O–H groups in total. The molecule has 3 heteroatoms. The zero-order chi connectivity index (χ0) is 13.8. The summed E-state index contributed by atoms with van der Waals surface area (Å²) in [7, 11) is 1.68. The number of methoxy groups -OCH3 is 1. The molecule has 0 aliphatic rings. The minimum absolute atomic E-state index is 0.482. The molecule has 2 rings (SSSR count). The van der Waals surface area contributed by atoms with Crippen molar-refractivity contribution in [2.45, 2.75) is 33.4 Å². The van der Waals surface area contributed by atoms with Gasteiger partial charge in [-0.3, -0.25) is 0 Å². The average Bonchev–Trinajstić information content (AvgIpc) is 2.43. The average molecular weight is 258 g/mol. The van der Waals surface area contributed by atoms with Gasteiger partial charge in [0.05, 0.1) is 12.8 Å². The van der Waals surface area contributed by atoms with Crippen LogP contribution in [-0.4, -0.2) is 18.1 Å². The third-order valence-electron chi connectivity index (χ3n) is 3.57. The minimum atomic E-state index is 0.482. The van der Waals surface area contributed by atoms with Gasteiger partial charge in [0.1, 0.15) is 11.3 Å². The highest BCUT2D eigenvalue weighted by Crippen LogP contribution is 2.23. The van der Waals surface area contributed by atoms with Gasteiger partial charge in [-0.25, -0.2) is 4.98 Å². The first-order valence-electron chi connectivity index (χ1n) is 6.78. The van der Waals surface area contributed by atoms with Crippen molar-refractivity contribution >= 4 is 10.9 Å². The third-order valence-corrected chi connectivity index (χ3v) is 3.57. The van der Waals surface area contributed by atoms with E-state index in [4.69, 9.17) is 4.74 Å². The van der Waals surface area contributed by atoms with Crippen LogP contribution in [0.15, 0.2) is 30.3 Å². The summed E-state index contributed by atoms with van der Waals surface area (Å²) >= 11 is 0. The van der Waals surface area contributed by atoms with Crippen LogP contribution in [0.2, 0.25) is 0 Å². The summed E-state index contributed by atoms with van der Waals surface area (Å²) in [6, 6.07) is 10.6. The summed E-state index contributed by atoms with van der Waals surface area (Å²) in [6.07, 6.45) is 0. The number of rotatable bonds is 5. The lowest BCUT2D eigenvalue weighted by atomic mass is 10.1. The number of hydrogen-bond acceptors (Lipinski definition) is 3. The number of benzene rings is 1. The molecule has 0 spiro atoms. The van der Waals surface area contributed by atoms with E-state index in [9.17, 15) is 0 Å². The van der Waals surface area contributed by atoms with Gasteiger partial charge in [0.2, 0.25) is 0 Å². The Balaban J connectivity index is 2.21. The molecule has 102 valence electrons. The number of ether oxygens (including phenoxy) is 1. The van der Waals surface area contributed by atoms with Gasteiger partial charge >= 0.3 is 0 Å². The van der Waals surface area contributed by atoms with E-state index >= 15 is 0 Å². The summed E-state index contributed by atoms with van der Waals surface area (Å²) < 4.78 is 5.36. The van der Waals surface area contributed by atoms with Crippen LogP contribution in [0.4, 0.5) is 0 Å². The predicted octanol–water partition coefficient (Wildman–Crippen LogP) is 3.38. The molecule has 0 bridgehead atoms. The van der Waals surface area contributed by atoms with Crippen molar-refractivity contribution in [2.24, 2.45) is 5.92 Å². The zero-order valence-electron chi connectivity index (χ0n) is 12.1. The van der Waals surface area contributed by atoms with Crippen molar-refractivity contribution in [1.82, 2.24) is 10.3 Å². The van der Waals surface area contributed by atoms with Gasteiger partial charge in [-0.05, 0) is 25.0 Å². The van der Waals surface area contributed by atoms with Crippen molar-refractivity contribution in [1.29, 1.82) is 0 Å². The van der Waals surface area contributed by atoms with E-state index < -0.39 is 0 Å². The molecule has 1 unspecified atom stereocenters. The first-order chi connectivity index (χ1) is 9.11. The molecule has 0 radical (unpaired) electrons. The Morgan fingerprint density at radius 2 is 1.95 bits per heavy atom. The summed E-state index contributed by atoms with van der Waals surface area (Å²) in [5, 5.41) is 4.61. The summed E-state index contributed by atoms with van der Waals surface area (Å²) in [5.41, 5.74) is 1.98. The van der Waals surface area contributed by atoms with Crippen LogP contribution in [0, 0.1) is 5.92 Å². The van der Waals surface area contributed by atoms with E-state index in [0.717, 1.165) is 28.9 Å². The van der Waals surface area contributed by atoms with Crippen molar-refractivity contribution in [3.05, 3.63) is 36.0 Å². The van der Waals surface area contributed by atoms with Crippen LogP contribution < -0.4 is 10.1 Å². The van der Waals surface area contributed by atoms with Crippen LogP contribution in [0.5, 0.6) is 5.75 Å². The molecule has 1 aromatic heterocycles. The first-order valence-corrected chi connectivity index (χ1v) is 6.78. The maximum atomic E-state index is 5.36. The molecule has 0 saturated heterocycles.